The van der Waals surface area contributed by atoms with Crippen LogP contribution >= 0.6 is 0 Å². The van der Waals surface area contributed by atoms with E-state index in [1.165, 1.54) is 27.3 Å². The number of benzene rings is 10. The number of hydrogen-bond donors (Lipinski definition) is 0. The number of furan rings is 2. The Balaban J connectivity index is 0.960. The molecule has 0 N–H and O–H groups in total. The number of rotatable bonds is 6. The Morgan fingerprint density at radius 3 is 1.73 bits per heavy atom. The van der Waals surface area contributed by atoms with E-state index in [2.05, 4.69) is 205 Å². The van der Waals surface area contributed by atoms with Gasteiger partial charge in [-0.3, -0.25) is 0 Å². The Hall–Kier alpha value is -7.88. The summed E-state index contributed by atoms with van der Waals surface area (Å²) in [5.74, 6) is 0. The molecule has 0 aliphatic rings. The van der Waals surface area contributed by atoms with Gasteiger partial charge in [-0.25, -0.2) is 0 Å². The molecule has 0 atom stereocenters. The van der Waals surface area contributed by atoms with Crippen LogP contribution in [0.3, 0.4) is 0 Å². The maximum absolute atomic E-state index is 6.90. The van der Waals surface area contributed by atoms with E-state index in [4.69, 9.17) is 8.83 Å². The second kappa shape index (κ2) is 13.4. The van der Waals surface area contributed by atoms with Crippen molar-refractivity contribution >= 4 is 82.5 Å². The molecule has 12 rings (SSSR count). The maximum atomic E-state index is 6.90. The van der Waals surface area contributed by atoms with Crippen LogP contribution in [0.25, 0.3) is 98.8 Å². The Bertz CT molecular complexity index is 3540. The maximum Gasteiger partial charge on any atom is 0.143 e. The Morgan fingerprint density at radius 1 is 0.288 bits per heavy atom. The predicted molar refractivity (Wildman–Crippen MR) is 247 cm³/mol. The number of fused-ring (bicyclic) bond motifs is 10. The fourth-order valence-corrected chi connectivity index (χ4v) is 8.97. The molecule has 2 heterocycles. The van der Waals surface area contributed by atoms with Crippen molar-refractivity contribution in [2.75, 3.05) is 4.90 Å². The van der Waals surface area contributed by atoms with Gasteiger partial charge in [0.1, 0.15) is 22.3 Å². The second-order valence-electron chi connectivity index (χ2n) is 15.3. The molecule has 2 aromatic heterocycles. The summed E-state index contributed by atoms with van der Waals surface area (Å²) in [5.41, 5.74) is 13.7. The van der Waals surface area contributed by atoms with Gasteiger partial charge in [-0.1, -0.05) is 152 Å². The highest BCUT2D eigenvalue weighted by Gasteiger charge is 2.18. The second-order valence-corrected chi connectivity index (χ2v) is 15.3. The molecule has 0 unspecified atom stereocenters. The average Bonchev–Trinajstić information content (AvgIpc) is 3.88. The molecular weight excluding hydrogens is 719 g/mol. The first-order chi connectivity index (χ1) is 29.2. The molecule has 0 aliphatic carbocycles. The van der Waals surface area contributed by atoms with Crippen molar-refractivity contribution in [3.05, 3.63) is 212 Å². The SMILES string of the molecule is c1ccc(-c2cccc(N(c3ccc(-c4ccc5oc6ccccc6c5c4)cc3)c3ccc(-c4cccc5c4oc4c5ccc5ccc6ccccc6c54)cc3)c2)cc1. The standard InChI is InChI=1S/C56H35NO2/c1-2-10-36(11-3-1)41-13-8-14-45(34-41)57(43-28-22-37(23-29-43)42-27-33-53-51(35-42)48-16-6-7-19-52(48)58-53)44-30-24-39(25-31-44)47-17-9-18-49-50-32-26-40-21-20-38-12-4-5-15-46(38)54(40)56(50)59-55(47)49/h1-35H. The van der Waals surface area contributed by atoms with E-state index < -0.39 is 0 Å². The number of nitrogens with zero attached hydrogens (tertiary/aromatic N) is 1. The summed E-state index contributed by atoms with van der Waals surface area (Å²) in [6.07, 6.45) is 0. The zero-order valence-corrected chi connectivity index (χ0v) is 32.0. The number of anilines is 3. The molecule has 12 aromatic rings. The summed E-state index contributed by atoms with van der Waals surface area (Å²) in [4.78, 5) is 2.34. The van der Waals surface area contributed by atoms with E-state index in [0.717, 1.165) is 88.6 Å². The Morgan fingerprint density at radius 2 is 0.881 bits per heavy atom. The van der Waals surface area contributed by atoms with Gasteiger partial charge < -0.3 is 13.7 Å². The topological polar surface area (TPSA) is 29.5 Å². The zero-order chi connectivity index (χ0) is 38.9. The molecule has 10 aromatic carbocycles. The van der Waals surface area contributed by atoms with E-state index in [0.29, 0.717) is 0 Å². The monoisotopic (exact) mass is 753 g/mol. The van der Waals surface area contributed by atoms with Gasteiger partial charge in [0.25, 0.3) is 0 Å². The van der Waals surface area contributed by atoms with E-state index in [-0.39, 0.29) is 0 Å². The van der Waals surface area contributed by atoms with E-state index >= 15 is 0 Å². The van der Waals surface area contributed by atoms with Crippen molar-refractivity contribution < 1.29 is 8.83 Å². The molecule has 0 aliphatic heterocycles. The van der Waals surface area contributed by atoms with Crippen molar-refractivity contribution in [2.45, 2.75) is 0 Å². The van der Waals surface area contributed by atoms with E-state index in [9.17, 15) is 0 Å². The first-order valence-electron chi connectivity index (χ1n) is 20.1. The summed E-state index contributed by atoms with van der Waals surface area (Å²) in [7, 11) is 0. The summed E-state index contributed by atoms with van der Waals surface area (Å²) in [6, 6.07) is 75.7. The van der Waals surface area contributed by atoms with Gasteiger partial charge in [0.05, 0.1) is 0 Å². The Labute approximate surface area is 340 Å². The molecular formula is C56H35NO2. The lowest BCUT2D eigenvalue weighted by molar-refractivity contribution is 0.669. The smallest absolute Gasteiger partial charge is 0.143 e. The van der Waals surface area contributed by atoms with Gasteiger partial charge in [0.2, 0.25) is 0 Å². The highest BCUT2D eigenvalue weighted by Crippen LogP contribution is 2.43. The van der Waals surface area contributed by atoms with E-state index in [1.807, 2.05) is 12.1 Å². The average molecular weight is 754 g/mol. The van der Waals surface area contributed by atoms with Crippen molar-refractivity contribution in [3.63, 3.8) is 0 Å². The van der Waals surface area contributed by atoms with Gasteiger partial charge in [0, 0.05) is 49.6 Å². The van der Waals surface area contributed by atoms with Crippen molar-refractivity contribution in [2.24, 2.45) is 0 Å². The van der Waals surface area contributed by atoms with Gasteiger partial charge >= 0.3 is 0 Å². The van der Waals surface area contributed by atoms with Crippen LogP contribution in [0.4, 0.5) is 17.1 Å². The van der Waals surface area contributed by atoms with Crippen LogP contribution in [-0.2, 0) is 0 Å². The fourth-order valence-electron chi connectivity index (χ4n) is 8.97. The van der Waals surface area contributed by atoms with Crippen LogP contribution < -0.4 is 4.90 Å². The summed E-state index contributed by atoms with van der Waals surface area (Å²) >= 11 is 0. The highest BCUT2D eigenvalue weighted by molar-refractivity contribution is 6.24. The third-order valence-corrected chi connectivity index (χ3v) is 11.9. The first-order valence-corrected chi connectivity index (χ1v) is 20.1. The van der Waals surface area contributed by atoms with Gasteiger partial charge in [-0.05, 0) is 105 Å². The third kappa shape index (κ3) is 5.51. The molecule has 0 fully saturated rings. The van der Waals surface area contributed by atoms with Crippen molar-refractivity contribution in [3.8, 4) is 33.4 Å². The Kier molecular flexibility index (Phi) is 7.54. The quantitative estimate of drug-likeness (QED) is 0.158. The van der Waals surface area contributed by atoms with Crippen LogP contribution in [0.5, 0.6) is 0 Å². The van der Waals surface area contributed by atoms with Crippen LogP contribution in [0, 0.1) is 0 Å². The minimum Gasteiger partial charge on any atom is -0.456 e. The van der Waals surface area contributed by atoms with Gasteiger partial charge in [-0.15, -0.1) is 0 Å². The molecule has 3 heteroatoms. The minimum atomic E-state index is 0.901. The molecule has 0 radical (unpaired) electrons. The molecule has 0 saturated heterocycles. The highest BCUT2D eigenvalue weighted by atomic mass is 16.3. The van der Waals surface area contributed by atoms with Gasteiger partial charge in [0.15, 0.2) is 0 Å². The lowest BCUT2D eigenvalue weighted by Crippen LogP contribution is -2.10. The first kappa shape index (κ1) is 33.3. The molecule has 276 valence electrons. The largest absolute Gasteiger partial charge is 0.456 e. The molecule has 0 saturated carbocycles. The summed E-state index contributed by atoms with van der Waals surface area (Å²) < 4.78 is 13.0. The van der Waals surface area contributed by atoms with Crippen LogP contribution in [0.2, 0.25) is 0 Å². The van der Waals surface area contributed by atoms with Crippen LogP contribution in [0.1, 0.15) is 0 Å². The molecule has 0 amide bonds. The predicted octanol–water partition coefficient (Wildman–Crippen LogP) is 16.3. The molecule has 3 nitrogen and oxygen atoms in total. The zero-order valence-electron chi connectivity index (χ0n) is 32.0. The summed E-state index contributed by atoms with van der Waals surface area (Å²) in [5, 5.41) is 9.27. The lowest BCUT2D eigenvalue weighted by Gasteiger charge is -2.26. The lowest BCUT2D eigenvalue weighted by atomic mass is 9.98. The fraction of sp³-hybridized carbons (Fsp3) is 0. The molecule has 0 bridgehead atoms. The molecule has 59 heavy (non-hydrogen) atoms. The third-order valence-electron chi connectivity index (χ3n) is 11.9. The van der Waals surface area contributed by atoms with Gasteiger partial charge in [-0.2, -0.15) is 0 Å². The van der Waals surface area contributed by atoms with Crippen molar-refractivity contribution in [1.29, 1.82) is 0 Å². The normalized spacial score (nSPS) is 11.7. The number of hydrogen-bond acceptors (Lipinski definition) is 3. The van der Waals surface area contributed by atoms with Crippen molar-refractivity contribution in [1.82, 2.24) is 0 Å². The van der Waals surface area contributed by atoms with Crippen LogP contribution in [-0.4, -0.2) is 0 Å². The van der Waals surface area contributed by atoms with E-state index in [1.54, 1.807) is 0 Å². The summed E-state index contributed by atoms with van der Waals surface area (Å²) in [6.45, 7) is 0. The van der Waals surface area contributed by atoms with Crippen LogP contribution in [0.15, 0.2) is 221 Å². The minimum absolute atomic E-state index is 0.901. The molecule has 0 spiro atoms. The number of para-hydroxylation sites is 2.